The van der Waals surface area contributed by atoms with E-state index < -0.39 is 10.9 Å². The summed E-state index contributed by atoms with van der Waals surface area (Å²) >= 11 is 5.59. The van der Waals surface area contributed by atoms with Crippen molar-refractivity contribution >= 4 is 62.2 Å². The first-order chi connectivity index (χ1) is 17.3. The molecule has 0 unspecified atom stereocenters. The third-order valence-electron chi connectivity index (χ3n) is 5.28. The molecule has 3 aromatic carbocycles. The van der Waals surface area contributed by atoms with Gasteiger partial charge in [0.2, 0.25) is 5.90 Å². The molecular weight excluding hydrogens is 643 g/mol. The summed E-state index contributed by atoms with van der Waals surface area (Å²) in [5.41, 5.74) is 2.45. The Morgan fingerprint density at radius 3 is 2.61 bits per heavy atom. The third-order valence-corrected chi connectivity index (χ3v) is 6.61. The Morgan fingerprint density at radius 2 is 1.92 bits per heavy atom. The van der Waals surface area contributed by atoms with Crippen molar-refractivity contribution in [2.45, 2.75) is 20.5 Å². The van der Waals surface area contributed by atoms with Crippen molar-refractivity contribution in [2.75, 3.05) is 6.61 Å². The van der Waals surface area contributed by atoms with Crippen LogP contribution in [-0.2, 0) is 16.1 Å². The van der Waals surface area contributed by atoms with Gasteiger partial charge in [0.25, 0.3) is 5.69 Å². The van der Waals surface area contributed by atoms with Crippen LogP contribution in [0, 0.1) is 20.6 Å². The number of carbonyl (C=O) groups is 1. The molecule has 8 nitrogen and oxygen atoms in total. The monoisotopic (exact) mass is 662 g/mol. The van der Waals surface area contributed by atoms with Crippen molar-refractivity contribution in [1.82, 2.24) is 0 Å². The maximum absolute atomic E-state index is 12.5. The minimum atomic E-state index is -0.639. The highest BCUT2D eigenvalue weighted by atomic mass is 127. The maximum Gasteiger partial charge on any atom is 0.363 e. The van der Waals surface area contributed by atoms with E-state index in [2.05, 4.69) is 43.5 Å². The number of nitro benzene ring substituents is 1. The van der Waals surface area contributed by atoms with Gasteiger partial charge in [-0.25, -0.2) is 9.79 Å². The first-order valence-corrected chi connectivity index (χ1v) is 12.7. The molecule has 0 radical (unpaired) electrons. The smallest absolute Gasteiger partial charge is 0.363 e. The van der Waals surface area contributed by atoms with E-state index >= 15 is 0 Å². The fourth-order valence-corrected chi connectivity index (χ4v) is 4.59. The molecular formula is C26H20BrIN2O6. The summed E-state index contributed by atoms with van der Waals surface area (Å²) in [6.45, 7) is 4.27. The lowest BCUT2D eigenvalue weighted by Crippen LogP contribution is -2.08. The minimum Gasteiger partial charge on any atom is -0.490 e. The van der Waals surface area contributed by atoms with E-state index in [0.29, 0.717) is 41.4 Å². The third kappa shape index (κ3) is 5.76. The lowest BCUT2D eigenvalue weighted by Gasteiger charge is -2.15. The number of benzene rings is 3. The largest absolute Gasteiger partial charge is 0.490 e. The Hall–Kier alpha value is -3.25. The summed E-state index contributed by atoms with van der Waals surface area (Å²) in [4.78, 5) is 27.6. The second-order valence-corrected chi connectivity index (χ2v) is 9.80. The van der Waals surface area contributed by atoms with Gasteiger partial charge in [0.1, 0.15) is 6.61 Å². The number of nitrogens with zero attached hydrogens (tertiary/aromatic N) is 2. The molecule has 0 fully saturated rings. The Balaban J connectivity index is 1.63. The molecule has 0 atom stereocenters. The van der Waals surface area contributed by atoms with E-state index in [0.717, 1.165) is 13.6 Å². The second kappa shape index (κ2) is 11.2. The molecule has 3 aromatic rings. The van der Waals surface area contributed by atoms with Crippen LogP contribution >= 0.6 is 38.5 Å². The zero-order chi connectivity index (χ0) is 25.8. The van der Waals surface area contributed by atoms with Crippen molar-refractivity contribution in [1.29, 1.82) is 0 Å². The summed E-state index contributed by atoms with van der Waals surface area (Å²) in [6.07, 6.45) is 1.59. The normalized spacial score (nSPS) is 13.9. The molecule has 0 saturated heterocycles. The van der Waals surface area contributed by atoms with Gasteiger partial charge in [-0.2, -0.15) is 0 Å². The molecule has 0 saturated carbocycles. The number of rotatable bonds is 8. The van der Waals surface area contributed by atoms with Gasteiger partial charge in [0, 0.05) is 21.7 Å². The maximum atomic E-state index is 12.5. The van der Waals surface area contributed by atoms with Gasteiger partial charge >= 0.3 is 5.97 Å². The van der Waals surface area contributed by atoms with Gasteiger partial charge in [-0.15, -0.1) is 0 Å². The first kappa shape index (κ1) is 25.8. The Kier molecular flexibility index (Phi) is 8.04. The summed E-state index contributed by atoms with van der Waals surface area (Å²) < 4.78 is 19.0. The SMILES string of the molecule is CCOc1cc(/C=C2\N=C(c3cccc([N+](=O)[O-])c3C)OC2=O)cc(I)c1OCc1ccc(Br)cc1. The predicted octanol–water partition coefficient (Wildman–Crippen LogP) is 6.59. The van der Waals surface area contributed by atoms with Crippen molar-refractivity contribution < 1.29 is 23.9 Å². The van der Waals surface area contributed by atoms with Crippen LogP contribution in [0.2, 0.25) is 0 Å². The van der Waals surface area contributed by atoms with E-state index in [1.165, 1.54) is 12.1 Å². The van der Waals surface area contributed by atoms with Gasteiger partial charge < -0.3 is 14.2 Å². The summed E-state index contributed by atoms with van der Waals surface area (Å²) in [5, 5.41) is 11.3. The van der Waals surface area contributed by atoms with Crippen molar-refractivity contribution in [2.24, 2.45) is 4.99 Å². The van der Waals surface area contributed by atoms with Gasteiger partial charge in [-0.1, -0.05) is 34.1 Å². The number of hydrogen-bond acceptors (Lipinski definition) is 7. The van der Waals surface area contributed by atoms with Crippen molar-refractivity contribution in [3.05, 3.63) is 101 Å². The average Bonchev–Trinajstić information content (AvgIpc) is 3.19. The molecule has 10 heteroatoms. The molecule has 0 bridgehead atoms. The van der Waals surface area contributed by atoms with Gasteiger partial charge in [0.05, 0.1) is 15.1 Å². The number of cyclic esters (lactones) is 1. The highest BCUT2D eigenvalue weighted by Crippen LogP contribution is 2.36. The van der Waals surface area contributed by atoms with E-state index in [1.807, 2.05) is 37.3 Å². The zero-order valence-corrected chi connectivity index (χ0v) is 23.0. The van der Waals surface area contributed by atoms with Crippen LogP contribution in [-0.4, -0.2) is 23.4 Å². The van der Waals surface area contributed by atoms with E-state index in [9.17, 15) is 14.9 Å². The topological polar surface area (TPSA) is 100 Å². The quantitative estimate of drug-likeness (QED) is 0.0887. The molecule has 0 amide bonds. The Labute approximate surface area is 229 Å². The summed E-state index contributed by atoms with van der Waals surface area (Å²) in [6, 6.07) is 16.0. The molecule has 0 N–H and O–H groups in total. The molecule has 184 valence electrons. The van der Waals surface area contributed by atoms with Crippen molar-refractivity contribution in [3.8, 4) is 11.5 Å². The van der Waals surface area contributed by atoms with Gasteiger partial charge in [0.15, 0.2) is 17.2 Å². The molecule has 36 heavy (non-hydrogen) atoms. The molecule has 0 spiro atoms. The van der Waals surface area contributed by atoms with Crippen molar-refractivity contribution in [3.63, 3.8) is 0 Å². The number of carbonyl (C=O) groups excluding carboxylic acids is 1. The standard InChI is InChI=1S/C26H20BrIN2O6/c1-3-34-23-13-17(11-20(28)24(23)35-14-16-7-9-18(27)10-8-16)12-21-26(31)36-25(29-21)19-5-4-6-22(15(19)2)30(32)33/h4-13H,3,14H2,1-2H3/b21-12-. The van der Waals surface area contributed by atoms with E-state index in [4.69, 9.17) is 14.2 Å². The van der Waals surface area contributed by atoms with Crippen LogP contribution in [0.4, 0.5) is 5.69 Å². The van der Waals surface area contributed by atoms with E-state index in [1.54, 1.807) is 25.1 Å². The number of ether oxygens (including phenoxy) is 3. The Morgan fingerprint density at radius 1 is 1.17 bits per heavy atom. The second-order valence-electron chi connectivity index (χ2n) is 7.72. The summed E-state index contributed by atoms with van der Waals surface area (Å²) in [5.74, 6) is 0.535. The lowest BCUT2D eigenvalue weighted by molar-refractivity contribution is -0.385. The van der Waals surface area contributed by atoms with Gasteiger partial charge in [-0.05, 0) is 84.0 Å². The summed E-state index contributed by atoms with van der Waals surface area (Å²) in [7, 11) is 0. The number of esters is 1. The molecule has 1 aliphatic rings. The molecule has 1 heterocycles. The Bertz CT molecular complexity index is 1400. The number of nitro groups is 1. The first-order valence-electron chi connectivity index (χ1n) is 10.9. The highest BCUT2D eigenvalue weighted by molar-refractivity contribution is 14.1. The predicted molar refractivity (Wildman–Crippen MR) is 147 cm³/mol. The van der Waals surface area contributed by atoms with Crippen LogP contribution in [0.15, 0.2) is 69.8 Å². The molecule has 0 aromatic heterocycles. The molecule has 0 aliphatic carbocycles. The van der Waals surface area contributed by atoms with Crippen LogP contribution in [0.5, 0.6) is 11.5 Å². The number of halogens is 2. The van der Waals surface area contributed by atoms with Crippen LogP contribution in [0.1, 0.15) is 29.2 Å². The number of aliphatic imine (C=N–C) groups is 1. The zero-order valence-electron chi connectivity index (χ0n) is 19.3. The fraction of sp³-hybridized carbons (Fsp3) is 0.154. The lowest BCUT2D eigenvalue weighted by atomic mass is 10.1. The molecule has 1 aliphatic heterocycles. The van der Waals surface area contributed by atoms with Crippen LogP contribution in [0.25, 0.3) is 6.08 Å². The van der Waals surface area contributed by atoms with Gasteiger partial charge in [-0.3, -0.25) is 10.1 Å². The average molecular weight is 663 g/mol. The van der Waals surface area contributed by atoms with Crippen LogP contribution < -0.4 is 9.47 Å². The molecule has 4 rings (SSSR count). The fourth-order valence-electron chi connectivity index (χ4n) is 3.55. The van der Waals surface area contributed by atoms with E-state index in [-0.39, 0.29) is 17.3 Å². The van der Waals surface area contributed by atoms with Crippen LogP contribution in [0.3, 0.4) is 0 Å². The minimum absolute atomic E-state index is 0.0293. The highest BCUT2D eigenvalue weighted by Gasteiger charge is 2.27. The number of hydrogen-bond donors (Lipinski definition) is 0.